The van der Waals surface area contributed by atoms with E-state index < -0.39 is 24.0 Å². The van der Waals surface area contributed by atoms with Gasteiger partial charge in [-0.2, -0.15) is 0 Å². The molecule has 95 heavy (non-hydrogen) atoms. The summed E-state index contributed by atoms with van der Waals surface area (Å²) < 4.78 is 26.5. The molecule has 16 nitrogen and oxygen atoms in total. The lowest BCUT2D eigenvalue weighted by Gasteiger charge is -2.65. The van der Waals surface area contributed by atoms with Crippen LogP contribution in [-0.2, 0) is 52.5 Å². The molecule has 0 radical (unpaired) electrons. The Hall–Kier alpha value is -2.99. The molecule has 0 heterocycles. The summed E-state index contributed by atoms with van der Waals surface area (Å²) in [5.74, 6) is 2.20. The van der Waals surface area contributed by atoms with Crippen LogP contribution < -0.4 is 26.6 Å². The second-order valence-corrected chi connectivity index (χ2v) is 32.1. The molecule has 16 heteroatoms. The van der Waals surface area contributed by atoms with Crippen molar-refractivity contribution in [2.45, 2.75) is 371 Å². The van der Waals surface area contributed by atoms with Crippen molar-refractivity contribution in [2.75, 3.05) is 20.2 Å². The number of Topliss-reactive ketones (excluding diaryl/α,β-unsaturated/α-hetero) is 5. The predicted octanol–water partition coefficient (Wildman–Crippen LogP) is 15.4. The van der Waals surface area contributed by atoms with Gasteiger partial charge in [0.1, 0.15) is 5.78 Å². The van der Waals surface area contributed by atoms with Gasteiger partial charge in [-0.1, -0.05) is 140 Å². The first-order valence-electron chi connectivity index (χ1n) is 36.7. The summed E-state index contributed by atoms with van der Waals surface area (Å²) in [6.07, 6.45) is 13.6. The summed E-state index contributed by atoms with van der Waals surface area (Å²) in [4.78, 5) is 87.6. The van der Waals surface area contributed by atoms with Crippen molar-refractivity contribution in [3.05, 3.63) is 0 Å². The van der Waals surface area contributed by atoms with Crippen LogP contribution in [0.3, 0.4) is 0 Å². The van der Waals surface area contributed by atoms with Crippen LogP contribution in [0.15, 0.2) is 0 Å². The molecular formula is C79H153N5O11. The van der Waals surface area contributed by atoms with E-state index in [-0.39, 0.29) is 149 Å². The normalized spacial score (nSPS) is 25.5. The minimum atomic E-state index is -0.859. The number of amides is 2. The number of hydrogen-bond donors (Lipinski definition) is 5. The van der Waals surface area contributed by atoms with Crippen LogP contribution in [-0.4, -0.2) is 140 Å². The molecule has 4 aliphatic carbocycles. The minimum absolute atomic E-state index is 0. The smallest absolute Gasteiger partial charge is 0.220 e. The van der Waals surface area contributed by atoms with E-state index in [0.29, 0.717) is 83.6 Å². The Morgan fingerprint density at radius 1 is 0.474 bits per heavy atom. The van der Waals surface area contributed by atoms with Crippen molar-refractivity contribution in [3.8, 4) is 0 Å². The Labute approximate surface area is 584 Å². The number of ketones is 5. The number of carbonyl (C=O) groups is 7. The average molecular weight is 1350 g/mol. The lowest BCUT2D eigenvalue weighted by molar-refractivity contribution is -0.238. The topological polar surface area (TPSA) is 217 Å². The van der Waals surface area contributed by atoms with Crippen LogP contribution in [0.25, 0.3) is 0 Å². The molecule has 2 amide bonds. The van der Waals surface area contributed by atoms with Crippen LogP contribution in [0.5, 0.6) is 0 Å². The van der Waals surface area contributed by atoms with Gasteiger partial charge in [0.05, 0.1) is 66.9 Å². The monoisotopic (exact) mass is 1350 g/mol. The highest BCUT2D eigenvalue weighted by Crippen LogP contribution is 2.69. The zero-order valence-electron chi connectivity index (χ0n) is 63.4. The summed E-state index contributed by atoms with van der Waals surface area (Å²) in [5, 5.41) is 15.2. The SMILES string of the molecule is C.C.C.CC(C)NC(CCC(=O)NC(CCC(=O)NC(CCC(=O)C(C)C)C(=O)C(C)C)C(=O)C(C)C)C(=O)C(C)C.CC(C)OC[C@@H](C)C1CCC2C3C(OC(C)C)CC4CC(OC(C)C)CCC4(C)C3CC(OC(C)C)C21C.CNCCCC(NC(C)C)C(=O)C(C)C. The number of carbonyl (C=O) groups excluding carboxylic acids is 7. The third-order valence-electron chi connectivity index (χ3n) is 20.4. The standard InChI is InChI=1S/C34H62O4.C30H53N3O6.C12H26N2O.3CH4/c1-20(2)35-19-24(9)27-12-13-28-32-29(18-31(34(27,28)11)38-23(7)8)33(10)15-14-26(36-21(3)4)16-25(33)17-30(32)37-22(5)6;1-17(2)25(34)14-11-23(29(38)19(5)6)32-27(36)16-13-24(30(39)20(7)8)33-26(35)15-12-22(31-21(9)10)28(37)18(3)4;1-9(2)12(15)11(14-10(3)4)7-6-8-13-5;;;/h20-32H,12-19H2,1-11H3;17-24,31H,11-16H2,1-10H3,(H,32,36)(H,33,35);9-11,13-14H,6-8H2,1-5H3;3*1H4/t24-,25?,26?,27?,28?,29?,30?,31?,32?,33?,34?;;;;;/m1...../s1. The summed E-state index contributed by atoms with van der Waals surface area (Å²) in [7, 11) is 1.94. The van der Waals surface area contributed by atoms with E-state index in [9.17, 15) is 33.6 Å². The Balaban J connectivity index is 0. The van der Waals surface area contributed by atoms with Crippen LogP contribution in [0, 0.1) is 75.9 Å². The van der Waals surface area contributed by atoms with E-state index in [1.165, 1.54) is 44.9 Å². The van der Waals surface area contributed by atoms with Gasteiger partial charge in [-0.05, 0) is 187 Å². The van der Waals surface area contributed by atoms with Crippen molar-refractivity contribution in [3.63, 3.8) is 0 Å². The van der Waals surface area contributed by atoms with E-state index in [1.54, 1.807) is 41.5 Å². The second kappa shape index (κ2) is 45.0. The highest BCUT2D eigenvalue weighted by atomic mass is 16.5. The van der Waals surface area contributed by atoms with Crippen LogP contribution in [0.4, 0.5) is 0 Å². The highest BCUT2D eigenvalue weighted by Gasteiger charge is 2.67. The van der Waals surface area contributed by atoms with Crippen molar-refractivity contribution in [1.29, 1.82) is 0 Å². The summed E-state index contributed by atoms with van der Waals surface area (Å²) in [5.41, 5.74) is 0.521. The molecule has 5 N–H and O–H groups in total. The number of rotatable bonds is 38. The number of nitrogens with one attached hydrogen (secondary N) is 5. The lowest BCUT2D eigenvalue weighted by atomic mass is 9.43. The number of hydrogen-bond acceptors (Lipinski definition) is 14. The summed E-state index contributed by atoms with van der Waals surface area (Å²) in [6, 6.07) is -1.63. The minimum Gasteiger partial charge on any atom is -0.379 e. The Kier molecular flexibility index (Phi) is 44.6. The molecule has 0 bridgehead atoms. The van der Waals surface area contributed by atoms with Gasteiger partial charge < -0.3 is 45.5 Å². The fraction of sp³-hybridized carbons (Fsp3) is 0.911. The first kappa shape index (κ1) is 94.1. The van der Waals surface area contributed by atoms with Crippen LogP contribution >= 0.6 is 0 Å². The van der Waals surface area contributed by atoms with Gasteiger partial charge in [0.25, 0.3) is 0 Å². The summed E-state index contributed by atoms with van der Waals surface area (Å²) in [6.45, 7) is 53.3. The van der Waals surface area contributed by atoms with Gasteiger partial charge in [-0.25, -0.2) is 0 Å². The number of fused-ring (bicyclic) bond motifs is 5. The largest absolute Gasteiger partial charge is 0.379 e. The van der Waals surface area contributed by atoms with Crippen LogP contribution in [0.2, 0.25) is 0 Å². The molecule has 0 aliphatic heterocycles. The van der Waals surface area contributed by atoms with Gasteiger partial charge in [-0.15, -0.1) is 0 Å². The third-order valence-corrected chi connectivity index (χ3v) is 20.4. The molecule has 4 rings (SSSR count). The maximum absolute atomic E-state index is 12.8. The molecule has 560 valence electrons. The zero-order valence-corrected chi connectivity index (χ0v) is 63.4. The second-order valence-electron chi connectivity index (χ2n) is 32.1. The molecule has 4 saturated carbocycles. The molecule has 0 aromatic rings. The van der Waals surface area contributed by atoms with E-state index in [0.717, 1.165) is 26.0 Å². The predicted molar refractivity (Wildman–Crippen MR) is 395 cm³/mol. The first-order chi connectivity index (χ1) is 42.7. The third kappa shape index (κ3) is 30.0. The van der Waals surface area contributed by atoms with E-state index in [2.05, 4.69) is 117 Å². The molecular weight excluding hydrogens is 1190 g/mol. The van der Waals surface area contributed by atoms with Crippen molar-refractivity contribution in [1.82, 2.24) is 26.6 Å². The quantitative estimate of drug-likeness (QED) is 0.0364. The number of ether oxygens (including phenoxy) is 4. The first-order valence-corrected chi connectivity index (χ1v) is 36.7. The molecule has 0 spiro atoms. The summed E-state index contributed by atoms with van der Waals surface area (Å²) >= 11 is 0. The van der Waals surface area contributed by atoms with E-state index >= 15 is 0 Å². The van der Waals surface area contributed by atoms with E-state index in [1.807, 2.05) is 48.6 Å². The maximum atomic E-state index is 12.8. The fourth-order valence-corrected chi connectivity index (χ4v) is 15.8. The Morgan fingerprint density at radius 2 is 0.916 bits per heavy atom. The maximum Gasteiger partial charge on any atom is 0.220 e. The van der Waals surface area contributed by atoms with Crippen LogP contribution in [0.1, 0.15) is 292 Å². The van der Waals surface area contributed by atoms with Crippen molar-refractivity contribution >= 4 is 40.7 Å². The fourth-order valence-electron chi connectivity index (χ4n) is 15.8. The van der Waals surface area contributed by atoms with E-state index in [4.69, 9.17) is 18.9 Å². The molecule has 14 unspecified atom stereocenters. The lowest BCUT2D eigenvalue weighted by Crippen LogP contribution is -2.63. The zero-order chi connectivity index (χ0) is 70.3. The Bertz CT molecular complexity index is 2230. The van der Waals surface area contributed by atoms with Gasteiger partial charge in [-0.3, -0.25) is 33.6 Å². The van der Waals surface area contributed by atoms with Gasteiger partial charge >= 0.3 is 0 Å². The van der Waals surface area contributed by atoms with Gasteiger partial charge in [0.2, 0.25) is 11.8 Å². The van der Waals surface area contributed by atoms with Crippen molar-refractivity contribution in [2.24, 2.45) is 75.9 Å². The van der Waals surface area contributed by atoms with Gasteiger partial charge in [0.15, 0.2) is 23.1 Å². The molecule has 4 fully saturated rings. The Morgan fingerprint density at radius 3 is 1.34 bits per heavy atom. The molecule has 0 aromatic carbocycles. The highest BCUT2D eigenvalue weighted by molar-refractivity contribution is 5.93. The molecule has 0 saturated heterocycles. The molecule has 0 aromatic heterocycles. The molecule has 4 aliphatic rings. The van der Waals surface area contributed by atoms with Crippen molar-refractivity contribution < 1.29 is 52.5 Å². The molecule has 15 atom stereocenters. The average Bonchev–Trinajstić information content (AvgIpc) is 1.68. The van der Waals surface area contributed by atoms with Gasteiger partial charge in [0, 0.05) is 73.0 Å².